The number of nitrogens with zero attached hydrogens (tertiary/aromatic N) is 2. The number of allylic oxidation sites excluding steroid dienone is 2. The van der Waals surface area contributed by atoms with Crippen molar-refractivity contribution in [1.29, 1.82) is 0 Å². The van der Waals surface area contributed by atoms with E-state index in [-0.39, 0.29) is 6.04 Å². The normalized spacial score (nSPS) is 16.7. The van der Waals surface area contributed by atoms with Gasteiger partial charge in [-0.15, -0.1) is 0 Å². The van der Waals surface area contributed by atoms with E-state index < -0.39 is 0 Å². The van der Waals surface area contributed by atoms with E-state index in [1.807, 2.05) is 25.3 Å². The third-order valence-corrected chi connectivity index (χ3v) is 6.62. The highest BCUT2D eigenvalue weighted by Gasteiger charge is 2.21. The Bertz CT molecular complexity index is 1240. The molecule has 164 valence electrons. The van der Waals surface area contributed by atoms with Gasteiger partial charge in [-0.1, -0.05) is 53.6 Å². The van der Waals surface area contributed by atoms with Crippen LogP contribution in [0.4, 0.5) is 0 Å². The van der Waals surface area contributed by atoms with Crippen molar-refractivity contribution in [2.24, 2.45) is 0 Å². The summed E-state index contributed by atoms with van der Waals surface area (Å²) in [6.45, 7) is 10.6. The van der Waals surface area contributed by atoms with Crippen molar-refractivity contribution >= 4 is 39.8 Å². The quantitative estimate of drug-likeness (QED) is 0.417. The first-order valence-electron chi connectivity index (χ1n) is 10.9. The van der Waals surface area contributed by atoms with Crippen LogP contribution in [0.1, 0.15) is 44.2 Å². The lowest BCUT2D eigenvalue weighted by Gasteiger charge is -2.28. The number of rotatable bonds is 5. The largest absolute Gasteiger partial charge is 0.378 e. The molecule has 3 nitrogen and oxygen atoms in total. The molecule has 0 spiro atoms. The van der Waals surface area contributed by atoms with Crippen LogP contribution in [0.3, 0.4) is 0 Å². The van der Waals surface area contributed by atoms with E-state index in [1.165, 1.54) is 11.1 Å². The Morgan fingerprint density at radius 2 is 1.97 bits per heavy atom. The second kappa shape index (κ2) is 9.48. The summed E-state index contributed by atoms with van der Waals surface area (Å²) in [6.07, 6.45) is 13.0. The minimum absolute atomic E-state index is 0.220. The first-order valence-corrected chi connectivity index (χ1v) is 11.6. The fourth-order valence-corrected chi connectivity index (χ4v) is 5.03. The van der Waals surface area contributed by atoms with Gasteiger partial charge in [-0.25, -0.2) is 0 Å². The molecule has 1 atom stereocenters. The summed E-state index contributed by atoms with van der Waals surface area (Å²) in [5, 5.41) is 5.69. The van der Waals surface area contributed by atoms with Gasteiger partial charge in [-0.2, -0.15) is 0 Å². The van der Waals surface area contributed by atoms with E-state index in [1.54, 1.807) is 12.4 Å². The molecule has 0 saturated carbocycles. The second-order valence-electron chi connectivity index (χ2n) is 8.39. The summed E-state index contributed by atoms with van der Waals surface area (Å²) >= 11 is 13.2. The third-order valence-electron chi connectivity index (χ3n) is 6.00. The number of hydrogen-bond acceptors (Lipinski definition) is 3. The topological polar surface area (TPSA) is 37.8 Å². The van der Waals surface area contributed by atoms with Gasteiger partial charge in [0.15, 0.2) is 0 Å². The van der Waals surface area contributed by atoms with E-state index in [9.17, 15) is 0 Å². The van der Waals surface area contributed by atoms with Gasteiger partial charge in [0, 0.05) is 45.8 Å². The van der Waals surface area contributed by atoms with Gasteiger partial charge in [0.05, 0.1) is 16.6 Å². The van der Waals surface area contributed by atoms with E-state index >= 15 is 0 Å². The molecule has 0 saturated heterocycles. The fraction of sp³-hybridized carbons (Fsp3) is 0.259. The number of hydrogen-bond donors (Lipinski definition) is 1. The highest BCUT2D eigenvalue weighted by molar-refractivity contribution is 6.37. The number of benzene rings is 1. The summed E-state index contributed by atoms with van der Waals surface area (Å²) in [5.74, 6) is 0. The molecule has 0 radical (unpaired) electrons. The number of pyridine rings is 2. The minimum atomic E-state index is 0.220. The van der Waals surface area contributed by atoms with Crippen LogP contribution in [0.15, 0.2) is 66.7 Å². The van der Waals surface area contributed by atoms with Crippen LogP contribution in [0, 0.1) is 6.92 Å². The average Bonchev–Trinajstić information content (AvgIpc) is 2.75. The number of nitrogens with one attached hydrogen (secondary N) is 1. The average molecular weight is 464 g/mol. The molecule has 1 N–H and O–H groups in total. The predicted molar refractivity (Wildman–Crippen MR) is 137 cm³/mol. The lowest BCUT2D eigenvalue weighted by molar-refractivity contribution is 0.558. The monoisotopic (exact) mass is 463 g/mol. The molecule has 0 aliphatic heterocycles. The fourth-order valence-electron chi connectivity index (χ4n) is 4.44. The number of halogens is 2. The Morgan fingerprint density at radius 1 is 1.16 bits per heavy atom. The van der Waals surface area contributed by atoms with Crippen molar-refractivity contribution in [3.63, 3.8) is 0 Å². The number of fused-ring (bicyclic) bond motifs is 1. The summed E-state index contributed by atoms with van der Waals surface area (Å²) < 4.78 is 0. The van der Waals surface area contributed by atoms with Crippen LogP contribution in [0.2, 0.25) is 10.0 Å². The Kier molecular flexibility index (Phi) is 6.68. The number of aryl methyl sites for hydroxylation is 1. The van der Waals surface area contributed by atoms with Crippen LogP contribution >= 0.6 is 23.2 Å². The molecule has 3 aromatic rings. The molecule has 5 heteroatoms. The van der Waals surface area contributed by atoms with Gasteiger partial charge in [0.2, 0.25) is 0 Å². The molecule has 1 unspecified atom stereocenters. The molecule has 2 aromatic heterocycles. The standard InChI is InChI=1S/C27H27Cl2N3/c1-5-7-21-17(3)8-6-9-25(21)32-18(4)22-15-31-27-23(13-30-14-24(27)26(22)29)19-10-16(2)11-20(28)12-19/h5,7,10-15,25,32H,4,6,8-9H2,1-3H3/b7-5-. The maximum absolute atomic E-state index is 6.87. The first-order chi connectivity index (χ1) is 15.4. The van der Waals surface area contributed by atoms with E-state index in [0.717, 1.165) is 58.1 Å². The zero-order chi connectivity index (χ0) is 22.8. The molecule has 0 bridgehead atoms. The van der Waals surface area contributed by atoms with Gasteiger partial charge in [-0.3, -0.25) is 9.97 Å². The Labute approximate surface area is 199 Å². The lowest BCUT2D eigenvalue weighted by atomic mass is 9.87. The molecule has 32 heavy (non-hydrogen) atoms. The summed E-state index contributed by atoms with van der Waals surface area (Å²) in [6, 6.07) is 6.15. The molecule has 1 aliphatic carbocycles. The zero-order valence-corrected chi connectivity index (χ0v) is 20.2. The van der Waals surface area contributed by atoms with Crippen molar-refractivity contribution in [1.82, 2.24) is 15.3 Å². The highest BCUT2D eigenvalue weighted by Crippen LogP contribution is 2.35. The van der Waals surface area contributed by atoms with Crippen molar-refractivity contribution in [3.8, 4) is 11.1 Å². The maximum atomic E-state index is 6.87. The Morgan fingerprint density at radius 3 is 2.72 bits per heavy atom. The van der Waals surface area contributed by atoms with Crippen molar-refractivity contribution in [2.75, 3.05) is 0 Å². The van der Waals surface area contributed by atoms with Gasteiger partial charge in [0.1, 0.15) is 0 Å². The van der Waals surface area contributed by atoms with Gasteiger partial charge < -0.3 is 5.32 Å². The third kappa shape index (κ3) is 4.46. The minimum Gasteiger partial charge on any atom is -0.378 e. The number of aromatic nitrogens is 2. The van der Waals surface area contributed by atoms with Crippen LogP contribution in [-0.4, -0.2) is 16.0 Å². The summed E-state index contributed by atoms with van der Waals surface area (Å²) in [4.78, 5) is 9.21. The lowest BCUT2D eigenvalue weighted by Crippen LogP contribution is -2.31. The van der Waals surface area contributed by atoms with Crippen LogP contribution in [0.25, 0.3) is 27.7 Å². The molecule has 0 fully saturated rings. The zero-order valence-electron chi connectivity index (χ0n) is 18.7. The van der Waals surface area contributed by atoms with E-state index in [2.05, 4.69) is 48.9 Å². The molecule has 4 rings (SSSR count). The first kappa shape index (κ1) is 22.6. The summed E-state index contributed by atoms with van der Waals surface area (Å²) in [5.41, 5.74) is 8.09. The Hall–Kier alpha value is -2.62. The summed E-state index contributed by atoms with van der Waals surface area (Å²) in [7, 11) is 0. The van der Waals surface area contributed by atoms with Crippen LogP contribution in [0.5, 0.6) is 0 Å². The molecule has 0 amide bonds. The Balaban J connectivity index is 1.71. The molecule has 1 aromatic carbocycles. The van der Waals surface area contributed by atoms with Crippen LogP contribution in [-0.2, 0) is 0 Å². The highest BCUT2D eigenvalue weighted by atomic mass is 35.5. The van der Waals surface area contributed by atoms with Crippen molar-refractivity contribution < 1.29 is 0 Å². The van der Waals surface area contributed by atoms with Crippen LogP contribution < -0.4 is 5.32 Å². The van der Waals surface area contributed by atoms with Crippen molar-refractivity contribution in [3.05, 3.63) is 87.8 Å². The van der Waals surface area contributed by atoms with Crippen molar-refractivity contribution in [2.45, 2.75) is 46.1 Å². The molecule has 1 aliphatic rings. The SMILES string of the molecule is C=C(NC1CCCC(C)=C1/C=C\C)c1cnc2c(-c3cc(C)cc(Cl)c3)cncc2c1Cl. The molecule has 2 heterocycles. The molecular weight excluding hydrogens is 437 g/mol. The van der Waals surface area contributed by atoms with E-state index in [4.69, 9.17) is 28.2 Å². The van der Waals surface area contributed by atoms with Gasteiger partial charge in [-0.05, 0) is 68.9 Å². The maximum Gasteiger partial charge on any atom is 0.0826 e. The predicted octanol–water partition coefficient (Wildman–Crippen LogP) is 7.92. The second-order valence-corrected chi connectivity index (χ2v) is 9.20. The van der Waals surface area contributed by atoms with Gasteiger partial charge in [0.25, 0.3) is 0 Å². The molecular formula is C27H27Cl2N3. The van der Waals surface area contributed by atoms with E-state index in [0.29, 0.717) is 10.0 Å². The smallest absolute Gasteiger partial charge is 0.0826 e. The van der Waals surface area contributed by atoms with Gasteiger partial charge >= 0.3 is 0 Å².